The molecule has 0 bridgehead atoms. The fourth-order valence-electron chi connectivity index (χ4n) is 3.56. The second-order valence-electron chi connectivity index (χ2n) is 6.62. The highest BCUT2D eigenvalue weighted by Crippen LogP contribution is 2.22. The van der Waals surface area contributed by atoms with Gasteiger partial charge in [-0.1, -0.05) is 34.1 Å². The van der Waals surface area contributed by atoms with Crippen molar-refractivity contribution in [3.8, 4) is 0 Å². The summed E-state index contributed by atoms with van der Waals surface area (Å²) in [5, 5.41) is 3.47. The lowest BCUT2D eigenvalue weighted by molar-refractivity contribution is -0.0454. The molecule has 2 heterocycles. The third-order valence-electron chi connectivity index (χ3n) is 4.89. The first kappa shape index (κ1) is 20.9. The number of aliphatic imine (C=N–C) groups is 1. The zero-order valence-corrected chi connectivity index (χ0v) is 18.9. The quantitative estimate of drug-likeness (QED) is 0.375. The van der Waals surface area contributed by atoms with Crippen molar-refractivity contribution < 1.29 is 4.74 Å². The molecule has 2 saturated heterocycles. The van der Waals surface area contributed by atoms with Crippen LogP contribution in [0, 0.1) is 0 Å². The summed E-state index contributed by atoms with van der Waals surface area (Å²) in [5.74, 6) is 0.901. The summed E-state index contributed by atoms with van der Waals surface area (Å²) in [7, 11) is 3.89. The molecule has 2 fully saturated rings. The molecule has 2 aliphatic heterocycles. The van der Waals surface area contributed by atoms with Crippen LogP contribution in [-0.2, 0) is 11.3 Å². The second-order valence-corrected chi connectivity index (χ2v) is 7.48. The molecule has 2 unspecified atom stereocenters. The van der Waals surface area contributed by atoms with Crippen molar-refractivity contribution >= 4 is 45.9 Å². The zero-order valence-electron chi connectivity index (χ0n) is 14.9. The van der Waals surface area contributed by atoms with Crippen molar-refractivity contribution in [3.05, 3.63) is 34.3 Å². The van der Waals surface area contributed by atoms with E-state index in [0.717, 1.165) is 36.7 Å². The molecule has 7 heteroatoms. The summed E-state index contributed by atoms with van der Waals surface area (Å²) in [5.41, 5.74) is 1.25. The van der Waals surface area contributed by atoms with Gasteiger partial charge in [0.15, 0.2) is 5.96 Å². The lowest BCUT2D eigenvalue weighted by atomic mass is 10.2. The van der Waals surface area contributed by atoms with E-state index < -0.39 is 0 Å². The molecule has 25 heavy (non-hydrogen) atoms. The fourth-order valence-corrected chi connectivity index (χ4v) is 3.97. The largest absolute Gasteiger partial charge is 0.373 e. The van der Waals surface area contributed by atoms with Gasteiger partial charge < -0.3 is 15.0 Å². The Morgan fingerprint density at radius 3 is 3.00 bits per heavy atom. The Kier molecular flexibility index (Phi) is 8.44. The van der Waals surface area contributed by atoms with Crippen LogP contribution < -0.4 is 5.32 Å². The summed E-state index contributed by atoms with van der Waals surface area (Å²) in [6.45, 7) is 4.73. The number of guanidine groups is 1. The highest BCUT2D eigenvalue weighted by atomic mass is 127. The second kappa shape index (κ2) is 10.1. The molecule has 0 aromatic heterocycles. The third kappa shape index (κ3) is 5.55. The SMILES string of the molecule is CN=C(NCC1CN2CCCC2CO1)N(C)Cc1ccccc1Br.I. The first-order chi connectivity index (χ1) is 11.7. The fraction of sp³-hybridized carbons (Fsp3) is 0.611. The van der Waals surface area contributed by atoms with E-state index >= 15 is 0 Å². The number of hydrogen-bond donors (Lipinski definition) is 1. The van der Waals surface area contributed by atoms with E-state index in [2.05, 4.69) is 61.3 Å². The number of rotatable bonds is 4. The monoisotopic (exact) mass is 522 g/mol. The molecule has 0 radical (unpaired) electrons. The first-order valence-electron chi connectivity index (χ1n) is 8.68. The molecule has 1 N–H and O–H groups in total. The number of ether oxygens (including phenoxy) is 1. The molecular formula is C18H28BrIN4O. The van der Waals surface area contributed by atoms with Gasteiger partial charge in [0.05, 0.1) is 12.7 Å². The van der Waals surface area contributed by atoms with Gasteiger partial charge >= 0.3 is 0 Å². The van der Waals surface area contributed by atoms with Gasteiger partial charge in [0.25, 0.3) is 0 Å². The summed E-state index contributed by atoms with van der Waals surface area (Å²) in [6.07, 6.45) is 2.84. The first-order valence-corrected chi connectivity index (χ1v) is 9.47. The van der Waals surface area contributed by atoms with Crippen LogP contribution in [-0.4, -0.2) is 68.2 Å². The molecule has 140 valence electrons. The number of morpholine rings is 1. The normalized spacial score (nSPS) is 23.7. The molecule has 2 aliphatic rings. The number of halogens is 2. The Morgan fingerprint density at radius 2 is 2.24 bits per heavy atom. The van der Waals surface area contributed by atoms with Gasteiger partial charge in [0.2, 0.25) is 0 Å². The minimum atomic E-state index is 0. The van der Waals surface area contributed by atoms with E-state index in [-0.39, 0.29) is 30.1 Å². The van der Waals surface area contributed by atoms with Crippen molar-refractivity contribution in [1.29, 1.82) is 0 Å². The highest BCUT2D eigenvalue weighted by Gasteiger charge is 2.32. The zero-order chi connectivity index (χ0) is 16.9. The average molecular weight is 523 g/mol. The highest BCUT2D eigenvalue weighted by molar-refractivity contribution is 14.0. The van der Waals surface area contributed by atoms with Gasteiger partial charge in [0.1, 0.15) is 0 Å². The maximum Gasteiger partial charge on any atom is 0.193 e. The van der Waals surface area contributed by atoms with Crippen LogP contribution >= 0.6 is 39.9 Å². The molecule has 0 amide bonds. The van der Waals surface area contributed by atoms with E-state index in [1.54, 1.807) is 0 Å². The van der Waals surface area contributed by atoms with Crippen LogP contribution in [0.1, 0.15) is 18.4 Å². The Bertz CT molecular complexity index is 586. The van der Waals surface area contributed by atoms with Crippen LogP contribution in [0.5, 0.6) is 0 Å². The maximum atomic E-state index is 6.02. The van der Waals surface area contributed by atoms with E-state index in [0.29, 0.717) is 6.04 Å². The van der Waals surface area contributed by atoms with E-state index in [1.165, 1.54) is 24.9 Å². The minimum Gasteiger partial charge on any atom is -0.373 e. The molecule has 1 aromatic carbocycles. The van der Waals surface area contributed by atoms with E-state index in [4.69, 9.17) is 4.74 Å². The molecule has 0 saturated carbocycles. The number of benzene rings is 1. The standard InChI is InChI=1S/C18H27BrN4O.HI/c1-20-18(22(2)11-14-6-3-4-8-17(14)19)21-10-16-12-23-9-5-7-15(23)13-24-16;/h3-4,6,8,15-16H,5,7,9-13H2,1-2H3,(H,20,21);1H. The lowest BCUT2D eigenvalue weighted by Gasteiger charge is -2.35. The van der Waals surface area contributed by atoms with Crippen LogP contribution in [0.15, 0.2) is 33.7 Å². The third-order valence-corrected chi connectivity index (χ3v) is 5.66. The molecule has 1 aromatic rings. The molecule has 0 aliphatic carbocycles. The van der Waals surface area contributed by atoms with Gasteiger partial charge in [0, 0.05) is 44.2 Å². The number of hydrogen-bond acceptors (Lipinski definition) is 3. The van der Waals surface area contributed by atoms with Crippen molar-refractivity contribution in [1.82, 2.24) is 15.1 Å². The van der Waals surface area contributed by atoms with Gasteiger partial charge in [-0.2, -0.15) is 0 Å². The molecule has 2 atom stereocenters. The summed E-state index contributed by atoms with van der Waals surface area (Å²) in [4.78, 5) is 9.12. The predicted octanol–water partition coefficient (Wildman–Crippen LogP) is 2.94. The smallest absolute Gasteiger partial charge is 0.193 e. The summed E-state index contributed by atoms with van der Waals surface area (Å²) < 4.78 is 7.15. The van der Waals surface area contributed by atoms with Gasteiger partial charge in [-0.25, -0.2) is 0 Å². The number of fused-ring (bicyclic) bond motifs is 1. The van der Waals surface area contributed by atoms with Crippen LogP contribution in [0.25, 0.3) is 0 Å². The van der Waals surface area contributed by atoms with Crippen molar-refractivity contribution in [2.24, 2.45) is 4.99 Å². The average Bonchev–Trinajstić information content (AvgIpc) is 3.05. The maximum absolute atomic E-state index is 6.02. The van der Waals surface area contributed by atoms with Gasteiger partial charge in [-0.15, -0.1) is 24.0 Å². The van der Waals surface area contributed by atoms with Crippen LogP contribution in [0.4, 0.5) is 0 Å². The van der Waals surface area contributed by atoms with Gasteiger partial charge in [-0.3, -0.25) is 9.89 Å². The molecular weight excluding hydrogens is 495 g/mol. The van der Waals surface area contributed by atoms with Crippen LogP contribution in [0.3, 0.4) is 0 Å². The Balaban J connectivity index is 0.00000225. The number of nitrogens with one attached hydrogen (secondary N) is 1. The van der Waals surface area contributed by atoms with Crippen LogP contribution in [0.2, 0.25) is 0 Å². The Hall–Kier alpha value is -0.380. The Morgan fingerprint density at radius 1 is 1.44 bits per heavy atom. The topological polar surface area (TPSA) is 40.1 Å². The molecule has 5 nitrogen and oxygen atoms in total. The summed E-state index contributed by atoms with van der Waals surface area (Å²) in [6, 6.07) is 8.95. The van der Waals surface area contributed by atoms with E-state index in [9.17, 15) is 0 Å². The number of nitrogens with zero attached hydrogens (tertiary/aromatic N) is 3. The van der Waals surface area contributed by atoms with E-state index in [1.807, 2.05) is 13.1 Å². The van der Waals surface area contributed by atoms with Crippen molar-refractivity contribution in [2.75, 3.05) is 40.3 Å². The summed E-state index contributed by atoms with van der Waals surface area (Å²) >= 11 is 3.61. The predicted molar refractivity (Wildman–Crippen MR) is 117 cm³/mol. The van der Waals surface area contributed by atoms with Crippen molar-refractivity contribution in [2.45, 2.75) is 31.5 Å². The molecule has 3 rings (SSSR count). The molecule has 0 spiro atoms. The minimum absolute atomic E-state index is 0. The van der Waals surface area contributed by atoms with Gasteiger partial charge in [-0.05, 0) is 31.0 Å². The Labute approximate surface area is 176 Å². The van der Waals surface area contributed by atoms with Crippen molar-refractivity contribution in [3.63, 3.8) is 0 Å². The lowest BCUT2D eigenvalue weighted by Crippen LogP contribution is -2.51.